The van der Waals surface area contributed by atoms with Crippen molar-refractivity contribution in [1.82, 2.24) is 44.4 Å². The smallest absolute Gasteiger partial charge is 0.320 e. The highest BCUT2D eigenvalue weighted by Crippen LogP contribution is 2.33. The normalized spacial score (nSPS) is 28.8. The second kappa shape index (κ2) is 13.7. The number of aliphatic hydroxyl groups is 5. The average molecular weight is 652 g/mol. The summed E-state index contributed by atoms with van der Waals surface area (Å²) in [7, 11) is 0. The molecule has 6 rings (SSSR count). The Kier molecular flexibility index (Phi) is 9.91. The van der Waals surface area contributed by atoms with E-state index in [1.807, 2.05) is 0 Å². The lowest BCUT2D eigenvalue weighted by molar-refractivity contribution is -0.139. The van der Waals surface area contributed by atoms with Crippen molar-refractivity contribution < 1.29 is 44.9 Å². The minimum Gasteiger partial charge on any atom is -0.480 e. The summed E-state index contributed by atoms with van der Waals surface area (Å²) in [6.07, 6.45) is -2.66. The first kappa shape index (κ1) is 32.6. The van der Waals surface area contributed by atoms with Crippen molar-refractivity contribution in [3.63, 3.8) is 0 Å². The van der Waals surface area contributed by atoms with Crippen LogP contribution in [0.5, 0.6) is 0 Å². The Bertz CT molecular complexity index is 1630. The SMILES string of the molecule is Nc1ncnc2c1ncn2[C@@H]1O[C@H](CNC(CCS)C(=O)O)[C@@H](O)[C@H]1O.Nc1ncnc2c1ncn2[C@@H]1O[C@H](CO)[C@@H](O)[C@H]1O. The van der Waals surface area contributed by atoms with Gasteiger partial charge in [0.05, 0.1) is 19.3 Å². The maximum absolute atomic E-state index is 11.2. The van der Waals surface area contributed by atoms with Gasteiger partial charge in [-0.2, -0.15) is 12.6 Å². The molecular weight excluding hydrogens is 618 g/mol. The second-order valence-electron chi connectivity index (χ2n) is 10.3. The molecule has 0 amide bonds. The fraction of sp³-hybridized carbons (Fsp3) is 0.542. The lowest BCUT2D eigenvalue weighted by atomic mass is 10.1. The zero-order chi connectivity index (χ0) is 32.4. The number of ether oxygens (including phenoxy) is 2. The van der Waals surface area contributed by atoms with E-state index in [-0.39, 0.29) is 18.2 Å². The van der Waals surface area contributed by atoms with E-state index in [1.54, 1.807) is 0 Å². The molecule has 21 heteroatoms. The van der Waals surface area contributed by atoms with Crippen molar-refractivity contribution in [3.05, 3.63) is 25.3 Å². The summed E-state index contributed by atoms with van der Waals surface area (Å²) in [5, 5.41) is 61.3. The second-order valence-corrected chi connectivity index (χ2v) is 10.7. The fourth-order valence-electron chi connectivity index (χ4n) is 5.05. The van der Waals surface area contributed by atoms with E-state index < -0.39 is 67.7 Å². The Morgan fingerprint density at radius 1 is 0.844 bits per heavy atom. The van der Waals surface area contributed by atoms with Crippen molar-refractivity contribution in [2.45, 2.75) is 61.5 Å². The van der Waals surface area contributed by atoms with E-state index in [0.717, 1.165) is 0 Å². The van der Waals surface area contributed by atoms with E-state index >= 15 is 0 Å². The number of carboxylic acids is 1. The quantitative estimate of drug-likeness (QED) is 0.0782. The number of hydrogen-bond acceptors (Lipinski definition) is 18. The van der Waals surface area contributed by atoms with E-state index in [9.17, 15) is 25.2 Å². The summed E-state index contributed by atoms with van der Waals surface area (Å²) in [5.74, 6) is -0.214. The predicted octanol–water partition coefficient (Wildman–Crippen LogP) is -3.59. The number of rotatable bonds is 9. The molecule has 244 valence electrons. The highest BCUT2D eigenvalue weighted by Gasteiger charge is 2.45. The summed E-state index contributed by atoms with van der Waals surface area (Å²) in [4.78, 5) is 35.1. The number of aliphatic hydroxyl groups excluding tert-OH is 5. The molecular formula is C24H33N11O9S. The molecule has 0 bridgehead atoms. The molecule has 0 aromatic carbocycles. The number of imidazole rings is 2. The third kappa shape index (κ3) is 6.34. The number of fused-ring (bicyclic) bond motifs is 2. The molecule has 2 aliphatic heterocycles. The first-order valence-electron chi connectivity index (χ1n) is 13.6. The van der Waals surface area contributed by atoms with E-state index in [4.69, 9.17) is 31.2 Å². The van der Waals surface area contributed by atoms with Gasteiger partial charge >= 0.3 is 5.97 Å². The first-order chi connectivity index (χ1) is 21.6. The van der Waals surface area contributed by atoms with Crippen LogP contribution in [0.4, 0.5) is 11.6 Å². The molecule has 2 saturated heterocycles. The van der Waals surface area contributed by atoms with E-state index in [1.165, 1.54) is 34.4 Å². The fourth-order valence-corrected chi connectivity index (χ4v) is 5.31. The maximum atomic E-state index is 11.2. The molecule has 2 aliphatic rings. The number of hydrogen-bond donors (Lipinski definition) is 10. The molecule has 2 fully saturated rings. The van der Waals surface area contributed by atoms with Crippen LogP contribution in [0.25, 0.3) is 22.3 Å². The molecule has 0 aliphatic carbocycles. The molecule has 11 N–H and O–H groups in total. The standard InChI is InChI=1S/C14H20N6O5S.C10H13N5O4/c15-11-8-12(18-4-17-11)20(5-19-8)13-10(22)9(21)7(25-13)3-16-6(1-2-26)14(23)24;11-8-5-9(13-2-12-8)15(3-14-5)10-7(18)6(17)4(1-16)19-10/h4-7,9-10,13,16,21-22,26H,1-3H2,(H,23,24)(H2,15,17,18);2-4,6-7,10,16-18H,1H2,(H2,11,12,13)/t6?,7-,9-,10-,13-;4-,6-,7-,10-/m11/s1. The molecule has 0 spiro atoms. The Balaban J connectivity index is 0.000000186. The number of aromatic nitrogens is 8. The van der Waals surface area contributed by atoms with Gasteiger partial charge in [-0.25, -0.2) is 29.9 Å². The Morgan fingerprint density at radius 3 is 1.78 bits per heavy atom. The van der Waals surface area contributed by atoms with E-state index in [2.05, 4.69) is 47.8 Å². The third-order valence-corrected chi connectivity index (χ3v) is 7.72. The lowest BCUT2D eigenvalue weighted by Gasteiger charge is -2.19. The summed E-state index contributed by atoms with van der Waals surface area (Å²) in [5.41, 5.74) is 12.9. The van der Waals surface area contributed by atoms with Crippen LogP contribution in [0.2, 0.25) is 0 Å². The van der Waals surface area contributed by atoms with Gasteiger partial charge in [0.15, 0.2) is 35.4 Å². The largest absolute Gasteiger partial charge is 0.480 e. The highest BCUT2D eigenvalue weighted by atomic mass is 32.1. The average Bonchev–Trinajstić information content (AvgIpc) is 3.78. The first-order valence-corrected chi connectivity index (χ1v) is 14.3. The minimum atomic E-state index is -1.25. The Hall–Kier alpha value is -3.80. The number of nitrogens with zero attached hydrogens (tertiary/aromatic N) is 8. The van der Waals surface area contributed by atoms with Crippen molar-refractivity contribution >= 4 is 52.6 Å². The topological polar surface area (TPSA) is 308 Å². The minimum absolute atomic E-state index is 0.0449. The maximum Gasteiger partial charge on any atom is 0.320 e. The predicted molar refractivity (Wildman–Crippen MR) is 156 cm³/mol. The molecule has 45 heavy (non-hydrogen) atoms. The van der Waals surface area contributed by atoms with Gasteiger partial charge in [-0.1, -0.05) is 0 Å². The Morgan fingerprint density at radius 2 is 1.33 bits per heavy atom. The molecule has 9 atom stereocenters. The van der Waals surface area contributed by atoms with Crippen LogP contribution in [0, 0.1) is 0 Å². The number of carbonyl (C=O) groups is 1. The zero-order valence-electron chi connectivity index (χ0n) is 23.4. The van der Waals surface area contributed by atoms with Gasteiger partial charge in [0, 0.05) is 6.54 Å². The number of nitrogens with one attached hydrogen (secondary N) is 1. The molecule has 6 heterocycles. The van der Waals surface area contributed by atoms with Crippen molar-refractivity contribution in [1.29, 1.82) is 0 Å². The van der Waals surface area contributed by atoms with Gasteiger partial charge in [0.1, 0.15) is 66.4 Å². The van der Waals surface area contributed by atoms with Gasteiger partial charge in [-0.05, 0) is 12.2 Å². The Labute approximate surface area is 259 Å². The van der Waals surface area contributed by atoms with Crippen LogP contribution >= 0.6 is 12.6 Å². The molecule has 0 saturated carbocycles. The van der Waals surface area contributed by atoms with Crippen LogP contribution < -0.4 is 16.8 Å². The summed E-state index contributed by atoms with van der Waals surface area (Å²) in [6, 6.07) is -0.818. The number of nitrogens with two attached hydrogens (primary N) is 2. The number of anilines is 2. The van der Waals surface area contributed by atoms with E-state index in [0.29, 0.717) is 34.5 Å². The molecule has 4 aromatic heterocycles. The number of aliphatic carboxylic acids is 1. The van der Waals surface area contributed by atoms with Crippen LogP contribution in [0.3, 0.4) is 0 Å². The van der Waals surface area contributed by atoms with Crippen LogP contribution in [-0.4, -0.2) is 137 Å². The van der Waals surface area contributed by atoms with Crippen molar-refractivity contribution in [3.8, 4) is 0 Å². The van der Waals surface area contributed by atoms with Crippen LogP contribution in [0.15, 0.2) is 25.3 Å². The molecule has 20 nitrogen and oxygen atoms in total. The van der Waals surface area contributed by atoms with Gasteiger partial charge in [-0.15, -0.1) is 0 Å². The highest BCUT2D eigenvalue weighted by molar-refractivity contribution is 7.80. The van der Waals surface area contributed by atoms with Gasteiger partial charge < -0.3 is 56.9 Å². The molecule has 4 aromatic rings. The summed E-state index contributed by atoms with van der Waals surface area (Å²) < 4.78 is 14.1. The number of carboxylic acid groups (broad SMARTS) is 1. The van der Waals surface area contributed by atoms with Crippen molar-refractivity contribution in [2.24, 2.45) is 0 Å². The number of thiol groups is 1. The lowest BCUT2D eigenvalue weighted by Crippen LogP contribution is -2.44. The molecule has 1 unspecified atom stereocenters. The van der Waals surface area contributed by atoms with Gasteiger partial charge in [0.25, 0.3) is 0 Å². The summed E-state index contributed by atoms with van der Waals surface area (Å²) in [6.45, 7) is -0.346. The van der Waals surface area contributed by atoms with Crippen LogP contribution in [-0.2, 0) is 14.3 Å². The monoisotopic (exact) mass is 651 g/mol. The van der Waals surface area contributed by atoms with Gasteiger partial charge in [-0.3, -0.25) is 13.9 Å². The third-order valence-electron chi connectivity index (χ3n) is 7.46. The number of nitrogen functional groups attached to an aromatic ring is 2. The van der Waals surface area contributed by atoms with Crippen molar-refractivity contribution in [2.75, 3.05) is 30.4 Å². The molecule has 0 radical (unpaired) electrons. The van der Waals surface area contributed by atoms with Crippen LogP contribution in [0.1, 0.15) is 18.9 Å². The zero-order valence-corrected chi connectivity index (χ0v) is 24.3. The van der Waals surface area contributed by atoms with Gasteiger partial charge in [0.2, 0.25) is 0 Å². The summed E-state index contributed by atoms with van der Waals surface area (Å²) >= 11 is 4.03.